The maximum atomic E-state index is 6.48. The maximum Gasteiger partial charge on any atom is 0.209 e. The predicted molar refractivity (Wildman–Crippen MR) is 80.6 cm³/mol. The molecule has 0 aromatic carbocycles. The summed E-state index contributed by atoms with van der Waals surface area (Å²) >= 11 is 1.80. The fourth-order valence-electron chi connectivity index (χ4n) is 3.52. The van der Waals surface area contributed by atoms with Gasteiger partial charge < -0.3 is 5.73 Å². The van der Waals surface area contributed by atoms with Crippen molar-refractivity contribution < 1.29 is 0 Å². The molecular weight excluding hydrogens is 270 g/mol. The minimum Gasteiger partial charge on any atom is -0.326 e. The monoisotopic (exact) mass is 295 g/mol. The molecule has 6 heteroatoms. The first-order valence-corrected chi connectivity index (χ1v) is 8.66. The van der Waals surface area contributed by atoms with Crippen molar-refractivity contribution >= 4 is 11.8 Å². The number of rotatable bonds is 3. The van der Waals surface area contributed by atoms with Crippen molar-refractivity contribution in [1.82, 2.24) is 20.2 Å². The molecule has 1 aromatic rings. The van der Waals surface area contributed by atoms with E-state index in [-0.39, 0.29) is 11.5 Å². The van der Waals surface area contributed by atoms with Crippen molar-refractivity contribution in [2.24, 2.45) is 11.1 Å². The van der Waals surface area contributed by atoms with Crippen LogP contribution in [0.3, 0.4) is 0 Å². The van der Waals surface area contributed by atoms with E-state index in [0.717, 1.165) is 5.16 Å². The van der Waals surface area contributed by atoms with E-state index in [0.29, 0.717) is 11.3 Å². The summed E-state index contributed by atoms with van der Waals surface area (Å²) in [6.45, 7) is 4.56. The Morgan fingerprint density at radius 2 is 1.95 bits per heavy atom. The number of hydrogen-bond acceptors (Lipinski definition) is 5. The van der Waals surface area contributed by atoms with Gasteiger partial charge in [0.2, 0.25) is 5.16 Å². The third-order valence-corrected chi connectivity index (χ3v) is 6.31. The van der Waals surface area contributed by atoms with Gasteiger partial charge in [-0.3, -0.25) is 0 Å². The van der Waals surface area contributed by atoms with E-state index in [1.54, 1.807) is 11.8 Å². The zero-order valence-electron chi connectivity index (χ0n) is 12.5. The van der Waals surface area contributed by atoms with Gasteiger partial charge in [0.1, 0.15) is 0 Å². The molecule has 2 aliphatic carbocycles. The largest absolute Gasteiger partial charge is 0.326 e. The third kappa shape index (κ3) is 2.72. The van der Waals surface area contributed by atoms with Gasteiger partial charge in [0.05, 0.1) is 6.04 Å². The first kappa shape index (κ1) is 14.3. The van der Waals surface area contributed by atoms with Crippen LogP contribution in [0.1, 0.15) is 64.8 Å². The molecule has 2 saturated carbocycles. The van der Waals surface area contributed by atoms with Crippen LogP contribution in [-0.2, 0) is 0 Å². The molecule has 2 fully saturated rings. The van der Waals surface area contributed by atoms with Gasteiger partial charge in [-0.2, -0.15) is 0 Å². The SMILES string of the molecule is CC1(C)CCCC(Sc2nnnn2C2CCCC2)C1N. The summed E-state index contributed by atoms with van der Waals surface area (Å²) < 4.78 is 2.05. The van der Waals surface area contributed by atoms with Gasteiger partial charge in [0, 0.05) is 11.3 Å². The molecule has 3 rings (SSSR count). The molecule has 20 heavy (non-hydrogen) atoms. The van der Waals surface area contributed by atoms with Crippen LogP contribution in [0, 0.1) is 5.41 Å². The molecule has 2 N–H and O–H groups in total. The molecule has 112 valence electrons. The van der Waals surface area contributed by atoms with Gasteiger partial charge in [0.25, 0.3) is 0 Å². The van der Waals surface area contributed by atoms with Crippen LogP contribution in [0.25, 0.3) is 0 Å². The second kappa shape index (κ2) is 5.64. The smallest absolute Gasteiger partial charge is 0.209 e. The Bertz CT molecular complexity index is 452. The summed E-state index contributed by atoms with van der Waals surface area (Å²) in [5.41, 5.74) is 6.70. The van der Waals surface area contributed by atoms with E-state index in [2.05, 4.69) is 29.4 Å². The Labute approximate surface area is 125 Å². The van der Waals surface area contributed by atoms with Crippen LogP contribution in [0.5, 0.6) is 0 Å². The average Bonchev–Trinajstić information content (AvgIpc) is 3.05. The Morgan fingerprint density at radius 1 is 1.20 bits per heavy atom. The lowest BCUT2D eigenvalue weighted by Crippen LogP contribution is -2.48. The molecule has 1 aromatic heterocycles. The normalized spacial score (nSPS) is 30.8. The Hall–Kier alpha value is -0.620. The first-order valence-electron chi connectivity index (χ1n) is 7.78. The quantitative estimate of drug-likeness (QED) is 0.928. The van der Waals surface area contributed by atoms with Crippen LogP contribution < -0.4 is 5.73 Å². The first-order chi connectivity index (χ1) is 9.58. The summed E-state index contributed by atoms with van der Waals surface area (Å²) in [4.78, 5) is 0. The highest BCUT2D eigenvalue weighted by Gasteiger charge is 2.38. The summed E-state index contributed by atoms with van der Waals surface area (Å²) in [7, 11) is 0. The van der Waals surface area contributed by atoms with Crippen molar-refractivity contribution in [3.63, 3.8) is 0 Å². The van der Waals surface area contributed by atoms with Crippen molar-refractivity contribution in [3.05, 3.63) is 0 Å². The van der Waals surface area contributed by atoms with Crippen LogP contribution in [0.2, 0.25) is 0 Å². The minimum atomic E-state index is 0.218. The Balaban J connectivity index is 1.73. The lowest BCUT2D eigenvalue weighted by molar-refractivity contribution is 0.208. The van der Waals surface area contributed by atoms with Gasteiger partial charge in [0.15, 0.2) is 0 Å². The van der Waals surface area contributed by atoms with Gasteiger partial charge in [-0.1, -0.05) is 44.9 Å². The number of nitrogens with zero attached hydrogens (tertiary/aromatic N) is 4. The van der Waals surface area contributed by atoms with E-state index in [4.69, 9.17) is 5.73 Å². The van der Waals surface area contributed by atoms with Crippen molar-refractivity contribution in [3.8, 4) is 0 Å². The van der Waals surface area contributed by atoms with E-state index in [9.17, 15) is 0 Å². The van der Waals surface area contributed by atoms with Gasteiger partial charge in [-0.25, -0.2) is 4.68 Å². The average molecular weight is 295 g/mol. The molecule has 2 aliphatic rings. The van der Waals surface area contributed by atoms with Crippen LogP contribution in [0.4, 0.5) is 0 Å². The fourth-order valence-corrected chi connectivity index (χ4v) is 4.96. The molecule has 1 heterocycles. The summed E-state index contributed by atoms with van der Waals surface area (Å²) in [6.07, 6.45) is 8.66. The lowest BCUT2D eigenvalue weighted by atomic mass is 9.73. The zero-order valence-corrected chi connectivity index (χ0v) is 13.3. The molecule has 2 atom stereocenters. The van der Waals surface area contributed by atoms with Crippen molar-refractivity contribution in [2.45, 2.75) is 81.3 Å². The number of thioether (sulfide) groups is 1. The van der Waals surface area contributed by atoms with Crippen LogP contribution in [-0.4, -0.2) is 31.5 Å². The molecule has 0 saturated heterocycles. The van der Waals surface area contributed by atoms with E-state index in [1.165, 1.54) is 44.9 Å². The number of hydrogen-bond donors (Lipinski definition) is 1. The second-order valence-electron chi connectivity index (χ2n) is 6.91. The highest BCUT2D eigenvalue weighted by Crippen LogP contribution is 2.42. The lowest BCUT2D eigenvalue weighted by Gasteiger charge is -2.41. The molecule has 0 bridgehead atoms. The molecule has 5 nitrogen and oxygen atoms in total. The second-order valence-corrected chi connectivity index (χ2v) is 8.11. The minimum absolute atomic E-state index is 0.218. The summed E-state index contributed by atoms with van der Waals surface area (Å²) in [5, 5.41) is 13.8. The maximum absolute atomic E-state index is 6.48. The predicted octanol–water partition coefficient (Wildman–Crippen LogP) is 2.79. The van der Waals surface area contributed by atoms with E-state index >= 15 is 0 Å². The zero-order chi connectivity index (χ0) is 14.2. The summed E-state index contributed by atoms with van der Waals surface area (Å²) in [5.74, 6) is 0. The molecule has 0 aliphatic heterocycles. The van der Waals surface area contributed by atoms with Crippen molar-refractivity contribution in [1.29, 1.82) is 0 Å². The standard InChI is InChI=1S/C14H25N5S/c1-14(2)9-5-8-11(12(14)15)20-13-16-17-18-19(13)10-6-3-4-7-10/h10-12H,3-9,15H2,1-2H3. The molecule has 2 unspecified atom stereocenters. The molecule has 0 amide bonds. The topological polar surface area (TPSA) is 69.6 Å². The highest BCUT2D eigenvalue weighted by atomic mass is 32.2. The van der Waals surface area contributed by atoms with Crippen LogP contribution in [0.15, 0.2) is 5.16 Å². The fraction of sp³-hybridized carbons (Fsp3) is 0.929. The summed E-state index contributed by atoms with van der Waals surface area (Å²) in [6, 6.07) is 0.718. The number of nitrogens with two attached hydrogens (primary N) is 1. The third-order valence-electron chi connectivity index (χ3n) is 5.00. The van der Waals surface area contributed by atoms with Gasteiger partial charge >= 0.3 is 0 Å². The molecule has 0 radical (unpaired) electrons. The number of aromatic nitrogens is 4. The van der Waals surface area contributed by atoms with Gasteiger partial charge in [-0.15, -0.1) is 5.10 Å². The van der Waals surface area contributed by atoms with Crippen LogP contribution >= 0.6 is 11.8 Å². The highest BCUT2D eigenvalue weighted by molar-refractivity contribution is 7.99. The van der Waals surface area contributed by atoms with Crippen molar-refractivity contribution in [2.75, 3.05) is 0 Å². The molecule has 0 spiro atoms. The molecular formula is C14H25N5S. The Kier molecular flexibility index (Phi) is 4.04. The van der Waals surface area contributed by atoms with E-state index < -0.39 is 0 Å². The Morgan fingerprint density at radius 3 is 2.70 bits per heavy atom. The number of tetrazole rings is 1. The van der Waals surface area contributed by atoms with E-state index in [1.807, 2.05) is 4.68 Å². The van der Waals surface area contributed by atoms with Gasteiger partial charge in [-0.05, 0) is 41.5 Å².